The van der Waals surface area contributed by atoms with E-state index in [0.29, 0.717) is 5.69 Å². The summed E-state index contributed by atoms with van der Waals surface area (Å²) in [6.07, 6.45) is -3.32. The Kier molecular flexibility index (Phi) is 10.5. The molecule has 34 heavy (non-hydrogen) atoms. The number of rotatable bonds is 10. The van der Waals surface area contributed by atoms with Crippen LogP contribution in [0.4, 0.5) is 5.95 Å². The van der Waals surface area contributed by atoms with E-state index in [0.717, 1.165) is 51.5 Å². The lowest BCUT2D eigenvalue weighted by Gasteiger charge is -2.29. The van der Waals surface area contributed by atoms with Crippen molar-refractivity contribution in [2.24, 2.45) is 5.10 Å². The van der Waals surface area contributed by atoms with E-state index >= 15 is 0 Å². The van der Waals surface area contributed by atoms with Crippen molar-refractivity contribution in [1.29, 1.82) is 0 Å². The van der Waals surface area contributed by atoms with E-state index in [4.69, 9.17) is 18.9 Å². The third-order valence-electron chi connectivity index (χ3n) is 3.81. The molecule has 14 nitrogen and oxygen atoms in total. The van der Waals surface area contributed by atoms with E-state index in [1.165, 1.54) is 6.92 Å². The summed E-state index contributed by atoms with van der Waals surface area (Å²) in [5, 5.41) is 3.84. The third-order valence-corrected chi connectivity index (χ3v) is 3.81. The van der Waals surface area contributed by atoms with Gasteiger partial charge in [0.15, 0.2) is 18.3 Å². The fraction of sp³-hybridized carbons (Fsp3) is 0.500. The summed E-state index contributed by atoms with van der Waals surface area (Å²) in [4.78, 5) is 74.1. The fourth-order valence-corrected chi connectivity index (χ4v) is 2.67. The number of hydrogen-bond donors (Lipinski definition) is 1. The zero-order valence-corrected chi connectivity index (χ0v) is 19.5. The highest BCUT2D eigenvalue weighted by Gasteiger charge is 2.37. The lowest BCUT2D eigenvalue weighted by atomic mass is 10.1. The van der Waals surface area contributed by atoms with Gasteiger partial charge in [0.05, 0.1) is 6.21 Å². The molecule has 0 aliphatic heterocycles. The zero-order chi connectivity index (χ0) is 26.0. The standard InChI is InChI=1S/C20H26N4O10/c1-10-7-18(30)24(11(2)25)20(22-10)23-21-8-16(32-13(4)27)19(34-15(6)29)17(33-14(5)28)9-31-12(3)26/h7-8,16-17,19H,9H2,1-6H3,(H,22,23)/b21-8+/t16-,17+,19-/m0/s1. The normalized spacial score (nSPS) is 13.4. The Balaban J connectivity index is 3.36. The number of carbonyl (C=O) groups is 5. The van der Waals surface area contributed by atoms with Crippen molar-refractivity contribution in [3.8, 4) is 0 Å². The van der Waals surface area contributed by atoms with Crippen LogP contribution in [0.25, 0.3) is 0 Å². The Morgan fingerprint density at radius 3 is 2.09 bits per heavy atom. The number of hydrazone groups is 1. The maximum absolute atomic E-state index is 12.1. The van der Waals surface area contributed by atoms with Crippen LogP contribution in [0.15, 0.2) is 16.0 Å². The van der Waals surface area contributed by atoms with Gasteiger partial charge in [0, 0.05) is 46.4 Å². The number of hydrogen-bond acceptors (Lipinski definition) is 13. The molecule has 0 bridgehead atoms. The molecule has 1 aromatic heterocycles. The average Bonchev–Trinajstić information content (AvgIpc) is 2.67. The van der Waals surface area contributed by atoms with Crippen molar-refractivity contribution >= 4 is 41.9 Å². The number of nitrogens with one attached hydrogen (secondary N) is 1. The van der Waals surface area contributed by atoms with Gasteiger partial charge in [0.2, 0.25) is 11.9 Å². The topological polar surface area (TPSA) is 182 Å². The molecule has 0 saturated heterocycles. The van der Waals surface area contributed by atoms with Crippen molar-refractivity contribution in [3.63, 3.8) is 0 Å². The first-order valence-corrected chi connectivity index (χ1v) is 9.87. The highest BCUT2D eigenvalue weighted by atomic mass is 16.6. The number of nitrogens with zero attached hydrogens (tertiary/aromatic N) is 3. The van der Waals surface area contributed by atoms with Crippen molar-refractivity contribution in [2.45, 2.75) is 59.9 Å². The van der Waals surface area contributed by atoms with Gasteiger partial charge in [-0.3, -0.25) is 28.8 Å². The van der Waals surface area contributed by atoms with Crippen molar-refractivity contribution in [1.82, 2.24) is 9.55 Å². The molecule has 14 heteroatoms. The zero-order valence-electron chi connectivity index (χ0n) is 19.5. The van der Waals surface area contributed by atoms with Gasteiger partial charge in [-0.2, -0.15) is 5.10 Å². The van der Waals surface area contributed by atoms with Crippen LogP contribution >= 0.6 is 0 Å². The Morgan fingerprint density at radius 1 is 1.00 bits per heavy atom. The lowest BCUT2D eigenvalue weighted by Crippen LogP contribution is -2.48. The molecule has 0 unspecified atom stereocenters. The molecule has 0 aliphatic carbocycles. The maximum Gasteiger partial charge on any atom is 0.303 e. The van der Waals surface area contributed by atoms with Crippen LogP contribution in [0.5, 0.6) is 0 Å². The number of ether oxygens (including phenoxy) is 4. The highest BCUT2D eigenvalue weighted by molar-refractivity contribution is 5.79. The third kappa shape index (κ3) is 9.18. The van der Waals surface area contributed by atoms with E-state index < -0.39 is 60.3 Å². The predicted octanol–water partition coefficient (Wildman–Crippen LogP) is -0.0323. The van der Waals surface area contributed by atoms with Gasteiger partial charge >= 0.3 is 23.9 Å². The van der Waals surface area contributed by atoms with Crippen molar-refractivity contribution < 1.29 is 42.9 Å². The maximum atomic E-state index is 12.1. The number of esters is 4. The van der Waals surface area contributed by atoms with Crippen LogP contribution in [-0.2, 0) is 38.1 Å². The summed E-state index contributed by atoms with van der Waals surface area (Å²) in [5.41, 5.74) is 2.04. The van der Waals surface area contributed by atoms with Gasteiger partial charge in [0.1, 0.15) is 6.61 Å². The molecule has 0 radical (unpaired) electrons. The van der Waals surface area contributed by atoms with Gasteiger partial charge in [-0.25, -0.2) is 15.0 Å². The Bertz CT molecular complexity index is 1030. The Morgan fingerprint density at radius 2 is 1.59 bits per heavy atom. The molecule has 1 rings (SSSR count). The first-order valence-electron chi connectivity index (χ1n) is 9.87. The van der Waals surface area contributed by atoms with Gasteiger partial charge in [0.25, 0.3) is 5.56 Å². The molecule has 0 saturated carbocycles. The minimum Gasteiger partial charge on any atom is -0.462 e. The molecule has 0 amide bonds. The van der Waals surface area contributed by atoms with Crippen LogP contribution < -0.4 is 11.0 Å². The lowest BCUT2D eigenvalue weighted by molar-refractivity contribution is -0.183. The van der Waals surface area contributed by atoms with Gasteiger partial charge in [-0.15, -0.1) is 0 Å². The van der Waals surface area contributed by atoms with Crippen LogP contribution in [0.1, 0.15) is 45.1 Å². The molecule has 0 aromatic carbocycles. The molecular formula is C20H26N4O10. The number of aromatic nitrogens is 2. The van der Waals surface area contributed by atoms with Crippen molar-refractivity contribution in [3.05, 3.63) is 22.1 Å². The molecule has 0 fully saturated rings. The fourth-order valence-electron chi connectivity index (χ4n) is 2.67. The van der Waals surface area contributed by atoms with E-state index in [1.54, 1.807) is 0 Å². The summed E-state index contributed by atoms with van der Waals surface area (Å²) in [6.45, 7) is 6.47. The van der Waals surface area contributed by atoms with Crippen LogP contribution in [-0.4, -0.2) is 70.5 Å². The van der Waals surface area contributed by atoms with Crippen molar-refractivity contribution in [2.75, 3.05) is 12.0 Å². The van der Waals surface area contributed by atoms with E-state index in [2.05, 4.69) is 15.5 Å². The van der Waals surface area contributed by atoms with E-state index in [9.17, 15) is 28.8 Å². The molecule has 0 spiro atoms. The summed E-state index contributed by atoms with van der Waals surface area (Å²) in [5.74, 6) is -3.99. The first kappa shape index (κ1) is 27.9. The smallest absolute Gasteiger partial charge is 0.303 e. The average molecular weight is 482 g/mol. The highest BCUT2D eigenvalue weighted by Crippen LogP contribution is 2.14. The second-order valence-corrected chi connectivity index (χ2v) is 6.90. The second kappa shape index (κ2) is 12.8. The van der Waals surface area contributed by atoms with Crippen LogP contribution in [0, 0.1) is 6.92 Å². The first-order chi connectivity index (χ1) is 15.8. The van der Waals surface area contributed by atoms with Gasteiger partial charge in [-0.05, 0) is 6.92 Å². The molecule has 0 aliphatic rings. The molecular weight excluding hydrogens is 456 g/mol. The minimum atomic E-state index is -1.48. The number of aryl methyl sites for hydroxylation is 1. The van der Waals surface area contributed by atoms with Gasteiger partial charge in [-0.1, -0.05) is 0 Å². The summed E-state index contributed by atoms with van der Waals surface area (Å²) < 4.78 is 21.0. The minimum absolute atomic E-state index is 0.226. The quantitative estimate of drug-likeness (QED) is 0.204. The molecule has 1 heterocycles. The number of anilines is 1. The summed E-state index contributed by atoms with van der Waals surface area (Å²) in [7, 11) is 0. The summed E-state index contributed by atoms with van der Waals surface area (Å²) >= 11 is 0. The van der Waals surface area contributed by atoms with E-state index in [1.807, 2.05) is 0 Å². The molecule has 186 valence electrons. The molecule has 1 N–H and O–H groups in total. The van der Waals surface area contributed by atoms with Gasteiger partial charge < -0.3 is 18.9 Å². The predicted molar refractivity (Wildman–Crippen MR) is 115 cm³/mol. The van der Waals surface area contributed by atoms with Crippen LogP contribution in [0.2, 0.25) is 0 Å². The molecule has 3 atom stereocenters. The monoisotopic (exact) mass is 482 g/mol. The summed E-state index contributed by atoms with van der Waals surface area (Å²) in [6, 6.07) is 1.15. The number of carbonyl (C=O) groups excluding carboxylic acids is 5. The Hall–Kier alpha value is -4.10. The Labute approximate surface area is 194 Å². The SMILES string of the molecule is CC(=O)OC[C@@H](OC(C)=O)[C@@H](OC(C)=O)[C@H](/C=N/Nc1nc(C)cc(=O)n1C(C)=O)OC(C)=O. The molecule has 1 aromatic rings. The largest absolute Gasteiger partial charge is 0.462 e. The van der Waals surface area contributed by atoms with E-state index in [-0.39, 0.29) is 5.95 Å². The second-order valence-electron chi connectivity index (χ2n) is 6.90. The van der Waals surface area contributed by atoms with Crippen LogP contribution in [0.3, 0.4) is 0 Å².